The number of carbonyl (C=O) groups is 2. The highest BCUT2D eigenvalue weighted by Crippen LogP contribution is 2.11. The molecule has 5 N–H and O–H groups in total. The molecule has 0 aliphatic heterocycles. The highest BCUT2D eigenvalue weighted by Gasteiger charge is 2.13. The number of nitrogens with two attached hydrogens (primary N) is 2. The van der Waals surface area contributed by atoms with E-state index in [1.165, 1.54) is 6.07 Å². The zero-order valence-electron chi connectivity index (χ0n) is 10.2. The molecule has 1 aromatic rings. The van der Waals surface area contributed by atoms with E-state index in [4.69, 9.17) is 11.5 Å². The Morgan fingerprint density at radius 1 is 1.44 bits per heavy atom. The predicted octanol–water partition coefficient (Wildman–Crippen LogP) is 0.804. The van der Waals surface area contributed by atoms with Gasteiger partial charge in [0.1, 0.15) is 0 Å². The predicted molar refractivity (Wildman–Crippen MR) is 74.6 cm³/mol. The summed E-state index contributed by atoms with van der Waals surface area (Å²) < 4.78 is 0. The minimum absolute atomic E-state index is 0.259. The van der Waals surface area contributed by atoms with Gasteiger partial charge in [-0.05, 0) is 36.6 Å². The van der Waals surface area contributed by atoms with E-state index in [0.29, 0.717) is 17.7 Å². The van der Waals surface area contributed by atoms with Crippen LogP contribution in [0.5, 0.6) is 0 Å². The van der Waals surface area contributed by atoms with Gasteiger partial charge in [0.2, 0.25) is 11.8 Å². The Morgan fingerprint density at radius 3 is 2.78 bits per heavy atom. The van der Waals surface area contributed by atoms with E-state index in [2.05, 4.69) is 5.32 Å². The van der Waals surface area contributed by atoms with Gasteiger partial charge in [-0.3, -0.25) is 9.59 Å². The number of hydrogen-bond donors (Lipinski definition) is 3. The van der Waals surface area contributed by atoms with Gasteiger partial charge in [0.25, 0.3) is 0 Å². The van der Waals surface area contributed by atoms with E-state index in [-0.39, 0.29) is 5.91 Å². The fourth-order valence-electron chi connectivity index (χ4n) is 1.36. The molecule has 18 heavy (non-hydrogen) atoms. The zero-order valence-corrected chi connectivity index (χ0v) is 11.0. The highest BCUT2D eigenvalue weighted by molar-refractivity contribution is 7.98. The van der Waals surface area contributed by atoms with Crippen molar-refractivity contribution in [3.05, 3.63) is 29.8 Å². The average Bonchev–Trinajstić information content (AvgIpc) is 2.36. The van der Waals surface area contributed by atoms with Crippen molar-refractivity contribution in [2.75, 3.05) is 17.3 Å². The average molecular weight is 267 g/mol. The normalized spacial score (nSPS) is 11.9. The molecule has 6 heteroatoms. The number of primary amides is 1. The van der Waals surface area contributed by atoms with Crippen molar-refractivity contribution in [3.63, 3.8) is 0 Å². The van der Waals surface area contributed by atoms with Crippen LogP contribution in [0, 0.1) is 0 Å². The van der Waals surface area contributed by atoms with Crippen LogP contribution in [0.4, 0.5) is 5.69 Å². The number of thioether (sulfide) groups is 1. The summed E-state index contributed by atoms with van der Waals surface area (Å²) in [6.45, 7) is 0. The smallest absolute Gasteiger partial charge is 0.248 e. The maximum absolute atomic E-state index is 11.7. The van der Waals surface area contributed by atoms with Gasteiger partial charge in [-0.25, -0.2) is 0 Å². The van der Waals surface area contributed by atoms with Gasteiger partial charge in [0, 0.05) is 11.3 Å². The standard InChI is InChI=1S/C12H17N3O2S/c1-18-6-5-10(13)12(17)15-9-4-2-3-8(7-9)11(14)16/h2-4,7,10H,5-6,13H2,1H3,(H2,14,16)(H,15,17)/t10-/m0/s1. The molecule has 0 fully saturated rings. The fourth-order valence-corrected chi connectivity index (χ4v) is 1.85. The lowest BCUT2D eigenvalue weighted by Crippen LogP contribution is -2.36. The quantitative estimate of drug-likeness (QED) is 0.710. The van der Waals surface area contributed by atoms with Crippen molar-refractivity contribution >= 4 is 29.3 Å². The summed E-state index contributed by atoms with van der Waals surface area (Å²) in [6, 6.07) is 5.91. The summed E-state index contributed by atoms with van der Waals surface area (Å²) in [5.41, 5.74) is 11.8. The van der Waals surface area contributed by atoms with Gasteiger partial charge < -0.3 is 16.8 Å². The van der Waals surface area contributed by atoms with Crippen LogP contribution in [-0.4, -0.2) is 29.9 Å². The molecule has 0 heterocycles. The highest BCUT2D eigenvalue weighted by atomic mass is 32.2. The number of benzene rings is 1. The van der Waals surface area contributed by atoms with Crippen LogP contribution in [0.3, 0.4) is 0 Å². The number of hydrogen-bond acceptors (Lipinski definition) is 4. The molecule has 1 rings (SSSR count). The molecule has 0 aliphatic carbocycles. The van der Waals surface area contributed by atoms with Crippen molar-refractivity contribution in [2.24, 2.45) is 11.5 Å². The second-order valence-electron chi connectivity index (χ2n) is 3.82. The molecule has 0 aromatic heterocycles. The Morgan fingerprint density at radius 2 is 2.17 bits per heavy atom. The molecule has 2 amide bonds. The van der Waals surface area contributed by atoms with Gasteiger partial charge in [0.05, 0.1) is 6.04 Å². The fraction of sp³-hybridized carbons (Fsp3) is 0.333. The van der Waals surface area contributed by atoms with Gasteiger partial charge in [-0.15, -0.1) is 0 Å². The van der Waals surface area contributed by atoms with E-state index in [1.54, 1.807) is 30.0 Å². The van der Waals surface area contributed by atoms with Crippen molar-refractivity contribution in [1.29, 1.82) is 0 Å². The first-order valence-corrected chi connectivity index (χ1v) is 6.89. The van der Waals surface area contributed by atoms with Crippen molar-refractivity contribution in [1.82, 2.24) is 0 Å². The minimum Gasteiger partial charge on any atom is -0.366 e. The largest absolute Gasteiger partial charge is 0.366 e. The van der Waals surface area contributed by atoms with Gasteiger partial charge in [-0.1, -0.05) is 6.07 Å². The van der Waals surface area contributed by atoms with E-state index in [9.17, 15) is 9.59 Å². The Hall–Kier alpha value is -1.53. The summed E-state index contributed by atoms with van der Waals surface area (Å²) >= 11 is 1.64. The van der Waals surface area contributed by atoms with Crippen LogP contribution in [0.2, 0.25) is 0 Å². The lowest BCUT2D eigenvalue weighted by Gasteiger charge is -2.11. The third-order valence-corrected chi connectivity index (χ3v) is 3.03. The molecule has 98 valence electrons. The molecule has 0 radical (unpaired) electrons. The van der Waals surface area contributed by atoms with Crippen LogP contribution in [0.25, 0.3) is 0 Å². The molecule has 0 spiro atoms. The van der Waals surface area contributed by atoms with Crippen LogP contribution in [-0.2, 0) is 4.79 Å². The topological polar surface area (TPSA) is 98.2 Å². The monoisotopic (exact) mass is 267 g/mol. The lowest BCUT2D eigenvalue weighted by atomic mass is 10.1. The van der Waals surface area contributed by atoms with Gasteiger partial charge in [-0.2, -0.15) is 11.8 Å². The first-order chi connectivity index (χ1) is 8.54. The van der Waals surface area contributed by atoms with Gasteiger partial charge in [0.15, 0.2) is 0 Å². The summed E-state index contributed by atoms with van der Waals surface area (Å²) in [7, 11) is 0. The van der Waals surface area contributed by atoms with E-state index < -0.39 is 11.9 Å². The second kappa shape index (κ2) is 7.03. The molecule has 5 nitrogen and oxygen atoms in total. The van der Waals surface area contributed by atoms with Gasteiger partial charge >= 0.3 is 0 Å². The Bertz CT molecular complexity index is 437. The van der Waals surface area contributed by atoms with Crippen LogP contribution in [0.1, 0.15) is 16.8 Å². The molecular formula is C12H17N3O2S. The number of carbonyl (C=O) groups excluding carboxylic acids is 2. The first kappa shape index (κ1) is 14.5. The summed E-state index contributed by atoms with van der Waals surface area (Å²) in [5.74, 6) is 0.0408. The van der Waals surface area contributed by atoms with Crippen molar-refractivity contribution < 1.29 is 9.59 Å². The molecule has 1 atom stereocenters. The SMILES string of the molecule is CSCC[C@H](N)C(=O)Nc1cccc(C(N)=O)c1. The first-order valence-electron chi connectivity index (χ1n) is 5.50. The molecule has 0 aliphatic rings. The summed E-state index contributed by atoms with van der Waals surface area (Å²) in [4.78, 5) is 22.7. The molecule has 0 saturated carbocycles. The number of rotatable bonds is 6. The zero-order chi connectivity index (χ0) is 13.5. The van der Waals surface area contributed by atoms with Crippen molar-refractivity contribution in [3.8, 4) is 0 Å². The molecule has 1 aromatic carbocycles. The number of anilines is 1. The van der Waals surface area contributed by atoms with E-state index in [1.807, 2.05) is 6.26 Å². The van der Waals surface area contributed by atoms with Crippen molar-refractivity contribution in [2.45, 2.75) is 12.5 Å². The maximum atomic E-state index is 11.7. The third kappa shape index (κ3) is 4.38. The third-order valence-electron chi connectivity index (χ3n) is 2.38. The van der Waals surface area contributed by atoms with E-state index in [0.717, 1.165) is 5.75 Å². The summed E-state index contributed by atoms with van der Waals surface area (Å²) in [6.07, 6.45) is 2.57. The number of nitrogens with one attached hydrogen (secondary N) is 1. The molecule has 0 unspecified atom stereocenters. The number of amides is 2. The maximum Gasteiger partial charge on any atom is 0.248 e. The second-order valence-corrected chi connectivity index (χ2v) is 4.81. The minimum atomic E-state index is -0.547. The van der Waals surface area contributed by atoms with E-state index >= 15 is 0 Å². The molecular weight excluding hydrogens is 250 g/mol. The Kier molecular flexibility index (Phi) is 5.67. The Labute approximate surface area is 110 Å². The van der Waals surface area contributed by atoms with Crippen LogP contribution in [0.15, 0.2) is 24.3 Å². The Balaban J connectivity index is 2.64. The summed E-state index contributed by atoms with van der Waals surface area (Å²) in [5, 5.41) is 2.66. The van der Waals surface area contributed by atoms with Crippen LogP contribution < -0.4 is 16.8 Å². The molecule has 0 saturated heterocycles. The molecule has 0 bridgehead atoms. The van der Waals surface area contributed by atoms with Crippen LogP contribution >= 0.6 is 11.8 Å². The lowest BCUT2D eigenvalue weighted by molar-refractivity contribution is -0.117.